The van der Waals surface area contributed by atoms with Crippen LogP contribution >= 0.6 is 0 Å². The molecule has 9 nitrogen and oxygen atoms in total. The molecule has 9 heteroatoms. The Morgan fingerprint density at radius 3 is 2.66 bits per heavy atom. The largest absolute Gasteiger partial charge is 0.373 e. The molecule has 200 valence electrons. The van der Waals surface area contributed by atoms with E-state index in [1.165, 1.54) is 17.7 Å². The number of likely N-dealkylation sites (tertiary alicyclic amines) is 1. The van der Waals surface area contributed by atoms with Crippen molar-refractivity contribution in [3.05, 3.63) is 54.4 Å². The van der Waals surface area contributed by atoms with Crippen molar-refractivity contribution < 1.29 is 4.74 Å². The molecule has 0 radical (unpaired) electrons. The zero-order valence-electron chi connectivity index (χ0n) is 22.8. The van der Waals surface area contributed by atoms with Crippen molar-refractivity contribution in [2.45, 2.75) is 31.5 Å². The number of anilines is 4. The van der Waals surface area contributed by atoms with Gasteiger partial charge in [-0.2, -0.15) is 0 Å². The molecule has 1 aromatic carbocycles. The number of fused-ring (bicyclic) bond motifs is 2. The van der Waals surface area contributed by atoms with E-state index in [9.17, 15) is 0 Å². The van der Waals surface area contributed by atoms with E-state index in [2.05, 4.69) is 88.3 Å². The normalized spacial score (nSPS) is 23.4. The number of aryl methyl sites for hydroxylation is 1. The van der Waals surface area contributed by atoms with E-state index in [4.69, 9.17) is 14.7 Å². The van der Waals surface area contributed by atoms with Crippen LogP contribution in [-0.4, -0.2) is 103 Å². The molecule has 3 atom stereocenters. The highest BCUT2D eigenvalue weighted by atomic mass is 16.5. The number of rotatable bonds is 7. The molecular weight excluding hydrogens is 476 g/mol. The number of hydrogen-bond acceptors (Lipinski definition) is 9. The third-order valence-corrected chi connectivity index (χ3v) is 8.01. The summed E-state index contributed by atoms with van der Waals surface area (Å²) in [6.07, 6.45) is 5.17. The second-order valence-electron chi connectivity index (χ2n) is 11.1. The summed E-state index contributed by atoms with van der Waals surface area (Å²) in [5.41, 5.74) is 5.43. The number of likely N-dealkylation sites (N-methyl/N-ethyl adjacent to an activating group) is 2. The summed E-state index contributed by atoms with van der Waals surface area (Å²) in [6.45, 7) is 7.80. The molecule has 38 heavy (non-hydrogen) atoms. The number of ether oxygens (including phenoxy) is 1. The lowest BCUT2D eigenvalue weighted by atomic mass is 10.1. The monoisotopic (exact) mass is 514 g/mol. The van der Waals surface area contributed by atoms with Crippen LogP contribution in [0.15, 0.2) is 48.8 Å². The summed E-state index contributed by atoms with van der Waals surface area (Å²) < 4.78 is 5.91. The van der Waals surface area contributed by atoms with Gasteiger partial charge in [0.2, 0.25) is 5.95 Å². The Bertz CT molecular complexity index is 1260. The topological polar surface area (TPSA) is 72.9 Å². The van der Waals surface area contributed by atoms with E-state index >= 15 is 0 Å². The van der Waals surface area contributed by atoms with E-state index in [1.807, 2.05) is 12.3 Å². The Balaban J connectivity index is 1.12. The lowest BCUT2D eigenvalue weighted by Crippen LogP contribution is -2.46. The Morgan fingerprint density at radius 2 is 1.95 bits per heavy atom. The van der Waals surface area contributed by atoms with E-state index in [1.54, 1.807) is 6.20 Å². The first kappa shape index (κ1) is 25.0. The van der Waals surface area contributed by atoms with Crippen LogP contribution in [0.5, 0.6) is 0 Å². The Morgan fingerprint density at radius 1 is 1.05 bits per heavy atom. The van der Waals surface area contributed by atoms with Gasteiger partial charge in [0.05, 0.1) is 18.4 Å². The summed E-state index contributed by atoms with van der Waals surface area (Å²) in [5, 5.41) is 3.40. The molecule has 3 fully saturated rings. The first-order chi connectivity index (χ1) is 18.4. The standard InChI is InChI=1S/C29H38N8O/c1-20-13-22(6-7-27(20)37-17-23-14-24(37)16-35(23)4)32-29-30-10-9-26(33-29)21-5-8-28(31-15-21)36-11-12-38-25(19-36)18-34(2)3/h5-10,13,15,23-25H,11-12,14,16-19H2,1-4H3,(H,30,32,33). The minimum atomic E-state index is 0.195. The zero-order valence-corrected chi connectivity index (χ0v) is 22.8. The van der Waals surface area contributed by atoms with Crippen molar-refractivity contribution in [1.29, 1.82) is 0 Å². The van der Waals surface area contributed by atoms with Crippen molar-refractivity contribution in [3.8, 4) is 11.3 Å². The average molecular weight is 515 g/mol. The smallest absolute Gasteiger partial charge is 0.227 e. The highest BCUT2D eigenvalue weighted by Crippen LogP contribution is 2.36. The molecular formula is C29H38N8O. The van der Waals surface area contributed by atoms with E-state index in [0.29, 0.717) is 18.0 Å². The molecule has 3 saturated heterocycles. The van der Waals surface area contributed by atoms with Gasteiger partial charge in [-0.05, 0) is 76.4 Å². The SMILES string of the molecule is Cc1cc(Nc2nccc(-c3ccc(N4CCOC(CN(C)C)C4)nc3)n2)ccc1N1CC2CC1CN2C. The predicted molar refractivity (Wildman–Crippen MR) is 152 cm³/mol. The van der Waals surface area contributed by atoms with Gasteiger partial charge < -0.3 is 24.8 Å². The molecule has 3 aromatic rings. The maximum atomic E-state index is 5.91. The number of benzene rings is 1. The lowest BCUT2D eigenvalue weighted by Gasteiger charge is -2.34. The number of nitrogens with one attached hydrogen (secondary N) is 1. The van der Waals surface area contributed by atoms with Crippen LogP contribution < -0.4 is 15.1 Å². The molecule has 2 bridgehead atoms. The molecule has 3 aliphatic heterocycles. The molecule has 0 saturated carbocycles. The molecule has 0 amide bonds. The van der Waals surface area contributed by atoms with E-state index in [0.717, 1.165) is 62.1 Å². The molecule has 0 aliphatic carbocycles. The number of aromatic nitrogens is 3. The van der Waals surface area contributed by atoms with Crippen LogP contribution in [0.2, 0.25) is 0 Å². The minimum Gasteiger partial charge on any atom is -0.373 e. The van der Waals surface area contributed by atoms with Gasteiger partial charge in [0.25, 0.3) is 0 Å². The third kappa shape index (κ3) is 5.18. The van der Waals surface area contributed by atoms with Crippen LogP contribution in [0, 0.1) is 6.92 Å². The highest BCUT2D eigenvalue weighted by molar-refractivity contribution is 5.66. The predicted octanol–water partition coefficient (Wildman–Crippen LogP) is 3.25. The summed E-state index contributed by atoms with van der Waals surface area (Å²) in [7, 11) is 6.39. The Labute approximate surface area is 225 Å². The molecule has 3 unspecified atom stereocenters. The van der Waals surface area contributed by atoms with Crippen LogP contribution in [0.1, 0.15) is 12.0 Å². The van der Waals surface area contributed by atoms with Gasteiger partial charge in [0, 0.05) is 74.1 Å². The second kappa shape index (κ2) is 10.5. The van der Waals surface area contributed by atoms with Crippen LogP contribution in [-0.2, 0) is 4.74 Å². The van der Waals surface area contributed by atoms with Crippen molar-refractivity contribution in [1.82, 2.24) is 24.8 Å². The quantitative estimate of drug-likeness (QED) is 0.512. The second-order valence-corrected chi connectivity index (χ2v) is 11.1. The van der Waals surface area contributed by atoms with Gasteiger partial charge in [-0.3, -0.25) is 4.90 Å². The molecule has 2 aromatic heterocycles. The maximum absolute atomic E-state index is 5.91. The maximum Gasteiger partial charge on any atom is 0.227 e. The number of morpholine rings is 1. The van der Waals surface area contributed by atoms with Crippen LogP contribution in [0.4, 0.5) is 23.1 Å². The highest BCUT2D eigenvalue weighted by Gasteiger charge is 2.41. The van der Waals surface area contributed by atoms with Crippen LogP contribution in [0.25, 0.3) is 11.3 Å². The molecule has 1 N–H and O–H groups in total. The van der Waals surface area contributed by atoms with Crippen molar-refractivity contribution in [2.75, 3.05) is 75.6 Å². The Kier molecular flexibility index (Phi) is 6.90. The third-order valence-electron chi connectivity index (χ3n) is 8.01. The summed E-state index contributed by atoms with van der Waals surface area (Å²) >= 11 is 0. The van der Waals surface area contributed by atoms with Crippen molar-refractivity contribution >= 4 is 23.1 Å². The zero-order chi connectivity index (χ0) is 26.2. The number of pyridine rings is 1. The van der Waals surface area contributed by atoms with E-state index < -0.39 is 0 Å². The lowest BCUT2D eigenvalue weighted by molar-refractivity contribution is 0.0245. The Hall–Kier alpha value is -3.27. The van der Waals surface area contributed by atoms with Crippen LogP contribution in [0.3, 0.4) is 0 Å². The van der Waals surface area contributed by atoms with Crippen molar-refractivity contribution in [2.24, 2.45) is 0 Å². The fourth-order valence-corrected chi connectivity index (χ4v) is 6.09. The van der Waals surface area contributed by atoms with Gasteiger partial charge in [0.15, 0.2) is 0 Å². The van der Waals surface area contributed by atoms with E-state index in [-0.39, 0.29) is 6.10 Å². The number of nitrogens with zero attached hydrogens (tertiary/aromatic N) is 7. The number of piperazine rings is 1. The molecule has 3 aliphatic rings. The first-order valence-electron chi connectivity index (χ1n) is 13.6. The van der Waals surface area contributed by atoms with Crippen molar-refractivity contribution in [3.63, 3.8) is 0 Å². The van der Waals surface area contributed by atoms with Gasteiger partial charge in [-0.25, -0.2) is 15.0 Å². The molecule has 6 rings (SSSR count). The van der Waals surface area contributed by atoms with Gasteiger partial charge in [0.1, 0.15) is 5.82 Å². The van der Waals surface area contributed by atoms with Gasteiger partial charge in [-0.15, -0.1) is 0 Å². The summed E-state index contributed by atoms with van der Waals surface area (Å²) in [5.74, 6) is 1.56. The number of hydrogen-bond donors (Lipinski definition) is 1. The first-order valence-corrected chi connectivity index (χ1v) is 13.6. The molecule has 5 heterocycles. The van der Waals surface area contributed by atoms with Gasteiger partial charge >= 0.3 is 0 Å². The summed E-state index contributed by atoms with van der Waals surface area (Å²) in [4.78, 5) is 23.5. The minimum absolute atomic E-state index is 0.195. The summed E-state index contributed by atoms with van der Waals surface area (Å²) in [6, 6.07) is 14.0. The fraction of sp³-hybridized carbons (Fsp3) is 0.483. The average Bonchev–Trinajstić information content (AvgIpc) is 3.48. The molecule has 0 spiro atoms. The fourth-order valence-electron chi connectivity index (χ4n) is 6.09. The van der Waals surface area contributed by atoms with Gasteiger partial charge in [-0.1, -0.05) is 0 Å².